The third-order valence-electron chi connectivity index (χ3n) is 10.0. The lowest BCUT2D eigenvalue weighted by molar-refractivity contribution is 0.0667. The fraction of sp³-hybridized carbons (Fsp3) is 0.429. The second kappa shape index (κ2) is 2.73. The first-order valence-electron chi connectivity index (χ1n) is 9.67. The summed E-state index contributed by atoms with van der Waals surface area (Å²) in [5, 5.41) is 3.48. The van der Waals surface area contributed by atoms with Crippen molar-refractivity contribution < 1.29 is 13.0 Å². The molecule has 17 rings (SSSR count). The molecule has 5 nitrogen and oxygen atoms in total. The Morgan fingerprint density at radius 1 is 0.926 bits per heavy atom. The van der Waals surface area contributed by atoms with Crippen molar-refractivity contribution in [1.82, 2.24) is 0 Å². The van der Waals surface area contributed by atoms with Gasteiger partial charge in [0, 0.05) is 50.4 Å². The highest BCUT2D eigenvalue weighted by atomic mass is 32.2. The van der Waals surface area contributed by atoms with E-state index in [1.165, 1.54) is 22.3 Å². The highest BCUT2D eigenvalue weighted by Crippen LogP contribution is 3.54. The van der Waals surface area contributed by atoms with Crippen molar-refractivity contribution in [3.05, 3.63) is 58.7 Å². The standard InChI is InChI=1S/C21H16N2O3S/c22-14-8-10-2-4-12(14)19-18-13-5-3-11(9-15(13)23-6-1-7-27(24,25)26)17-16(10,18)20(17,19)21(17,18)19/h2-5,8-9,23H,1,6-7,22H2,(H,24,25,26). The Hall–Kier alpha value is -2.05. The smallest absolute Gasteiger partial charge is 0.264 e. The van der Waals surface area contributed by atoms with Gasteiger partial charge in [0.15, 0.2) is 0 Å². The summed E-state index contributed by atoms with van der Waals surface area (Å²) < 4.78 is 30.9. The van der Waals surface area contributed by atoms with Gasteiger partial charge in [-0.05, 0) is 40.8 Å². The first kappa shape index (κ1) is 13.2. The highest BCUT2D eigenvalue weighted by Gasteiger charge is 3.60. The molecule has 134 valence electrons. The summed E-state index contributed by atoms with van der Waals surface area (Å²) in [6, 6.07) is 13.8. The van der Waals surface area contributed by atoms with Crippen LogP contribution in [0.4, 0.5) is 11.4 Å². The third kappa shape index (κ3) is 0.606. The molecule has 6 atom stereocenters. The minimum absolute atomic E-state index is 0.203. The van der Waals surface area contributed by atoms with E-state index in [1.54, 1.807) is 0 Å². The molecule has 2 aromatic carbocycles. The summed E-state index contributed by atoms with van der Waals surface area (Å²) in [4.78, 5) is 0. The summed E-state index contributed by atoms with van der Waals surface area (Å²) in [6.45, 7) is 0.545. The molecular weight excluding hydrogens is 360 g/mol. The van der Waals surface area contributed by atoms with E-state index in [1.807, 2.05) is 0 Å². The molecule has 4 N–H and O–H groups in total. The molecule has 27 heavy (non-hydrogen) atoms. The van der Waals surface area contributed by atoms with Crippen molar-refractivity contribution in [1.29, 1.82) is 0 Å². The molecule has 15 aliphatic rings. The quantitative estimate of drug-likeness (QED) is 0.419. The van der Waals surface area contributed by atoms with Crippen LogP contribution in [0.3, 0.4) is 0 Å². The van der Waals surface area contributed by atoms with E-state index in [4.69, 9.17) is 10.3 Å². The number of nitrogens with two attached hydrogens (primary N) is 1. The minimum atomic E-state index is -3.90. The average molecular weight is 376 g/mol. The molecule has 7 fully saturated rings. The zero-order valence-electron chi connectivity index (χ0n) is 14.3. The summed E-state index contributed by atoms with van der Waals surface area (Å²) >= 11 is 0. The SMILES string of the molecule is Nc1cc2ccc1C13C45c6ccc(cc6NCCCS(=O)(=O)O)C67C24C61C573. The molecule has 0 aliphatic heterocycles. The van der Waals surface area contributed by atoms with Crippen LogP contribution in [0.2, 0.25) is 0 Å². The first-order chi connectivity index (χ1) is 12.9. The maximum absolute atomic E-state index is 11.0. The number of hydrogen-bond donors (Lipinski definition) is 3. The topological polar surface area (TPSA) is 92.4 Å². The number of hydrogen-bond acceptors (Lipinski definition) is 4. The molecule has 0 heterocycles. The lowest BCUT2D eigenvalue weighted by Gasteiger charge is -2.57. The molecular formula is C21H16N2O3S. The molecule has 7 saturated carbocycles. The largest absolute Gasteiger partial charge is 0.398 e. The van der Waals surface area contributed by atoms with E-state index in [2.05, 4.69) is 41.7 Å². The maximum Gasteiger partial charge on any atom is 0.264 e. The van der Waals surface area contributed by atoms with Gasteiger partial charge in [-0.15, -0.1) is 0 Å². The van der Waals surface area contributed by atoms with Crippen LogP contribution in [0.15, 0.2) is 36.4 Å². The normalized spacial score (nSPS) is 52.2. The van der Waals surface area contributed by atoms with Crippen molar-refractivity contribution in [2.75, 3.05) is 23.3 Å². The fourth-order valence-corrected chi connectivity index (χ4v) is 11.1. The minimum Gasteiger partial charge on any atom is -0.398 e. The van der Waals surface area contributed by atoms with E-state index >= 15 is 0 Å². The van der Waals surface area contributed by atoms with Gasteiger partial charge >= 0.3 is 0 Å². The molecule has 6 heteroatoms. The summed E-state index contributed by atoms with van der Waals surface area (Å²) in [5.41, 5.74) is 16.4. The summed E-state index contributed by atoms with van der Waals surface area (Å²) in [7, 11) is -3.90. The van der Waals surface area contributed by atoms with Crippen molar-refractivity contribution in [3.8, 4) is 0 Å². The van der Waals surface area contributed by atoms with Crippen molar-refractivity contribution in [2.24, 2.45) is 10.8 Å². The zero-order valence-corrected chi connectivity index (χ0v) is 15.2. The first-order valence-corrected chi connectivity index (χ1v) is 11.3. The molecule has 0 saturated heterocycles. The van der Waals surface area contributed by atoms with Gasteiger partial charge in [-0.25, -0.2) is 0 Å². The number of anilines is 2. The Morgan fingerprint density at radius 3 is 2.37 bits per heavy atom. The third-order valence-corrected chi connectivity index (χ3v) is 10.8. The molecule has 6 spiro atoms. The Kier molecular flexibility index (Phi) is 1.33. The van der Waals surface area contributed by atoms with Crippen LogP contribution in [-0.4, -0.2) is 25.3 Å². The van der Waals surface area contributed by atoms with Gasteiger partial charge in [0.1, 0.15) is 0 Å². The number of rotatable bonds is 5. The number of nitrogens with one attached hydrogen (secondary N) is 1. The van der Waals surface area contributed by atoms with E-state index < -0.39 is 10.1 Å². The number of benzene rings is 2. The molecule has 2 aromatic rings. The Bertz CT molecular complexity index is 1370. The van der Waals surface area contributed by atoms with E-state index in [-0.39, 0.29) is 16.6 Å². The van der Waals surface area contributed by atoms with Crippen molar-refractivity contribution in [2.45, 2.75) is 28.1 Å². The van der Waals surface area contributed by atoms with Crippen molar-refractivity contribution >= 4 is 21.5 Å². The van der Waals surface area contributed by atoms with Crippen LogP contribution in [-0.2, 0) is 31.8 Å². The Balaban J connectivity index is 1.20. The highest BCUT2D eigenvalue weighted by molar-refractivity contribution is 7.85. The van der Waals surface area contributed by atoms with Crippen LogP contribution in [0, 0.1) is 10.8 Å². The predicted octanol–water partition coefficient (Wildman–Crippen LogP) is 1.68. The van der Waals surface area contributed by atoms with Crippen LogP contribution in [0.5, 0.6) is 0 Å². The molecule has 0 amide bonds. The van der Waals surface area contributed by atoms with Gasteiger partial charge in [0.2, 0.25) is 0 Å². The van der Waals surface area contributed by atoms with Gasteiger partial charge in [-0.3, -0.25) is 4.55 Å². The Morgan fingerprint density at radius 2 is 1.63 bits per heavy atom. The van der Waals surface area contributed by atoms with E-state index in [9.17, 15) is 8.42 Å². The second-order valence-electron chi connectivity index (χ2n) is 9.63. The second-order valence-corrected chi connectivity index (χ2v) is 11.2. The monoisotopic (exact) mass is 376 g/mol. The number of nitrogen functional groups attached to an aromatic ring is 1. The van der Waals surface area contributed by atoms with Crippen LogP contribution < -0.4 is 11.1 Å². The van der Waals surface area contributed by atoms with Crippen LogP contribution >= 0.6 is 0 Å². The van der Waals surface area contributed by atoms with Gasteiger partial charge in [-0.1, -0.05) is 24.3 Å². The molecule has 10 bridgehead atoms. The average Bonchev–Trinajstić information content (AvgIpc) is 3.45. The van der Waals surface area contributed by atoms with E-state index in [0.29, 0.717) is 34.6 Å². The van der Waals surface area contributed by atoms with Crippen LogP contribution in [0.1, 0.15) is 28.7 Å². The molecule has 0 aromatic heterocycles. The molecule has 6 unspecified atom stereocenters. The lowest BCUT2D eigenvalue weighted by atomic mass is 9.43. The van der Waals surface area contributed by atoms with Crippen molar-refractivity contribution in [3.63, 3.8) is 0 Å². The molecule has 0 radical (unpaired) electrons. The van der Waals surface area contributed by atoms with Gasteiger partial charge in [0.25, 0.3) is 10.1 Å². The predicted molar refractivity (Wildman–Crippen MR) is 98.4 cm³/mol. The maximum atomic E-state index is 11.0. The summed E-state index contributed by atoms with van der Waals surface area (Å²) in [5.74, 6) is -0.203. The Labute approximate surface area is 155 Å². The van der Waals surface area contributed by atoms with Crippen LogP contribution in [0.25, 0.3) is 0 Å². The van der Waals surface area contributed by atoms with Gasteiger partial charge in [-0.2, -0.15) is 8.42 Å². The van der Waals surface area contributed by atoms with E-state index in [0.717, 1.165) is 11.4 Å². The van der Waals surface area contributed by atoms with Gasteiger partial charge in [0.05, 0.1) is 5.75 Å². The fourth-order valence-electron chi connectivity index (χ4n) is 10.6. The lowest BCUT2D eigenvalue weighted by Crippen LogP contribution is -2.62. The summed E-state index contributed by atoms with van der Waals surface area (Å²) in [6.07, 6.45) is 0.400. The molecule has 15 aliphatic carbocycles. The van der Waals surface area contributed by atoms with Gasteiger partial charge < -0.3 is 11.1 Å². The zero-order chi connectivity index (χ0) is 18.0.